The van der Waals surface area contributed by atoms with Crippen LogP contribution in [0, 0.1) is 6.92 Å². The third-order valence-corrected chi connectivity index (χ3v) is 5.50. The van der Waals surface area contributed by atoms with Crippen LogP contribution in [-0.2, 0) is 10.0 Å². The van der Waals surface area contributed by atoms with E-state index in [1.54, 1.807) is 30.3 Å². The minimum atomic E-state index is -3.72. The largest absolute Gasteiger partial charge is 0.398 e. The Morgan fingerprint density at radius 2 is 1.80 bits per heavy atom. The van der Waals surface area contributed by atoms with Gasteiger partial charge in [0.1, 0.15) is 4.90 Å². The summed E-state index contributed by atoms with van der Waals surface area (Å²) in [7, 11) is -3.72. The van der Waals surface area contributed by atoms with E-state index in [4.69, 9.17) is 5.73 Å². The normalized spacial score (nSPS) is 11.3. The van der Waals surface area contributed by atoms with Crippen molar-refractivity contribution in [3.8, 4) is 0 Å². The van der Waals surface area contributed by atoms with Gasteiger partial charge in [-0.15, -0.1) is 0 Å². The molecule has 0 bridgehead atoms. The lowest BCUT2D eigenvalue weighted by Crippen LogP contribution is -2.15. The maximum atomic E-state index is 12.3. The van der Waals surface area contributed by atoms with E-state index in [2.05, 4.69) is 36.6 Å². The molecule has 0 heterocycles. The molecule has 0 fully saturated rings. The van der Waals surface area contributed by atoms with E-state index in [1.807, 2.05) is 6.92 Å². The van der Waals surface area contributed by atoms with Gasteiger partial charge in [-0.1, -0.05) is 31.9 Å². The number of nitrogens with two attached hydrogens (primary N) is 1. The predicted octanol–water partition coefficient (Wildman–Crippen LogP) is 3.90. The van der Waals surface area contributed by atoms with Crippen LogP contribution in [0.5, 0.6) is 0 Å². The molecule has 0 saturated carbocycles. The van der Waals surface area contributed by atoms with E-state index in [0.717, 1.165) is 10.0 Å². The molecule has 0 aliphatic heterocycles. The summed E-state index contributed by atoms with van der Waals surface area (Å²) >= 11 is 6.61. The number of anilines is 2. The SMILES string of the molecule is Cc1cc(NS(=O)(=O)c2cc(Br)ccc2N)ccc1Br. The van der Waals surface area contributed by atoms with Gasteiger partial charge in [0.25, 0.3) is 10.0 Å². The topological polar surface area (TPSA) is 72.2 Å². The molecule has 106 valence electrons. The number of benzene rings is 2. The first-order chi connectivity index (χ1) is 9.29. The summed E-state index contributed by atoms with van der Waals surface area (Å²) in [5.74, 6) is 0. The summed E-state index contributed by atoms with van der Waals surface area (Å²) in [5, 5.41) is 0. The molecule has 2 rings (SSSR count). The van der Waals surface area contributed by atoms with Crippen LogP contribution in [0.3, 0.4) is 0 Å². The zero-order chi connectivity index (χ0) is 14.9. The smallest absolute Gasteiger partial charge is 0.263 e. The number of nitrogens with one attached hydrogen (secondary N) is 1. The van der Waals surface area contributed by atoms with Gasteiger partial charge in [0.05, 0.1) is 5.69 Å². The Bertz CT molecular complexity index is 761. The van der Waals surface area contributed by atoms with Gasteiger partial charge in [-0.05, 0) is 48.9 Å². The second kappa shape index (κ2) is 5.75. The fourth-order valence-electron chi connectivity index (χ4n) is 1.66. The maximum absolute atomic E-state index is 12.3. The highest BCUT2D eigenvalue weighted by atomic mass is 79.9. The summed E-state index contributed by atoms with van der Waals surface area (Å²) in [4.78, 5) is 0.0486. The second-order valence-electron chi connectivity index (χ2n) is 4.25. The van der Waals surface area contributed by atoms with E-state index in [-0.39, 0.29) is 10.6 Å². The highest BCUT2D eigenvalue weighted by Crippen LogP contribution is 2.26. The van der Waals surface area contributed by atoms with E-state index >= 15 is 0 Å². The van der Waals surface area contributed by atoms with E-state index in [1.165, 1.54) is 6.07 Å². The lowest BCUT2D eigenvalue weighted by molar-refractivity contribution is 0.601. The van der Waals surface area contributed by atoms with Gasteiger partial charge in [0.2, 0.25) is 0 Å². The Hall–Kier alpha value is -1.05. The van der Waals surface area contributed by atoms with Crippen molar-refractivity contribution in [1.29, 1.82) is 0 Å². The Balaban J connectivity index is 2.40. The number of rotatable bonds is 3. The molecule has 7 heteroatoms. The Morgan fingerprint density at radius 3 is 2.45 bits per heavy atom. The van der Waals surface area contributed by atoms with Crippen molar-refractivity contribution in [2.75, 3.05) is 10.5 Å². The fourth-order valence-corrected chi connectivity index (χ4v) is 3.63. The predicted molar refractivity (Wildman–Crippen MR) is 88.2 cm³/mol. The highest BCUT2D eigenvalue weighted by molar-refractivity contribution is 9.10. The quantitative estimate of drug-likeness (QED) is 0.741. The van der Waals surface area contributed by atoms with Crippen LogP contribution in [0.1, 0.15) is 5.56 Å². The van der Waals surface area contributed by atoms with Gasteiger partial charge in [0.15, 0.2) is 0 Å². The molecule has 0 aliphatic carbocycles. The van der Waals surface area contributed by atoms with E-state index in [9.17, 15) is 8.42 Å². The van der Waals surface area contributed by atoms with Crippen LogP contribution >= 0.6 is 31.9 Å². The fraction of sp³-hybridized carbons (Fsp3) is 0.0769. The molecule has 0 aromatic heterocycles. The Labute approximate surface area is 134 Å². The zero-order valence-corrected chi connectivity index (χ0v) is 14.5. The summed E-state index contributed by atoms with van der Waals surface area (Å²) in [6.07, 6.45) is 0. The van der Waals surface area contributed by atoms with Crippen LogP contribution in [0.15, 0.2) is 50.2 Å². The third kappa shape index (κ3) is 3.34. The van der Waals surface area contributed by atoms with Gasteiger partial charge in [-0.25, -0.2) is 8.42 Å². The molecule has 0 amide bonds. The molecule has 3 N–H and O–H groups in total. The van der Waals surface area contributed by atoms with Gasteiger partial charge >= 0.3 is 0 Å². The number of nitrogen functional groups attached to an aromatic ring is 1. The Kier molecular flexibility index (Phi) is 4.41. The molecule has 2 aromatic rings. The monoisotopic (exact) mass is 418 g/mol. The summed E-state index contributed by atoms with van der Waals surface area (Å²) in [5.41, 5.74) is 7.37. The van der Waals surface area contributed by atoms with Gasteiger partial charge < -0.3 is 5.73 Å². The minimum absolute atomic E-state index is 0.0486. The van der Waals surface area contributed by atoms with Gasteiger partial charge in [0, 0.05) is 14.6 Å². The lowest BCUT2D eigenvalue weighted by atomic mass is 10.2. The molecule has 4 nitrogen and oxygen atoms in total. The summed E-state index contributed by atoms with van der Waals surface area (Å²) in [6.45, 7) is 1.88. The van der Waals surface area contributed by atoms with Crippen molar-refractivity contribution in [2.24, 2.45) is 0 Å². The molecule has 0 unspecified atom stereocenters. The van der Waals surface area contributed by atoms with Gasteiger partial charge in [-0.2, -0.15) is 0 Å². The van der Waals surface area contributed by atoms with Crippen molar-refractivity contribution in [2.45, 2.75) is 11.8 Å². The van der Waals surface area contributed by atoms with Crippen LogP contribution < -0.4 is 10.5 Å². The van der Waals surface area contributed by atoms with Crippen LogP contribution in [0.4, 0.5) is 11.4 Å². The number of hydrogen-bond donors (Lipinski definition) is 2. The van der Waals surface area contributed by atoms with Crippen LogP contribution in [0.25, 0.3) is 0 Å². The summed E-state index contributed by atoms with van der Waals surface area (Å²) in [6, 6.07) is 9.93. The molecule has 0 spiro atoms. The standard InChI is InChI=1S/C13H12Br2N2O2S/c1-8-6-10(3-4-11(8)15)17-20(18,19)13-7-9(14)2-5-12(13)16/h2-7,17H,16H2,1H3. The first-order valence-electron chi connectivity index (χ1n) is 5.63. The van der Waals surface area contributed by atoms with Crippen molar-refractivity contribution < 1.29 is 8.42 Å². The zero-order valence-electron chi connectivity index (χ0n) is 10.5. The molecule has 0 aliphatic rings. The molecule has 0 saturated heterocycles. The summed E-state index contributed by atoms with van der Waals surface area (Å²) < 4.78 is 28.8. The lowest BCUT2D eigenvalue weighted by Gasteiger charge is -2.11. The van der Waals surface area contributed by atoms with E-state index in [0.29, 0.717) is 10.2 Å². The molecular weight excluding hydrogens is 408 g/mol. The number of sulfonamides is 1. The highest BCUT2D eigenvalue weighted by Gasteiger charge is 2.18. The third-order valence-electron chi connectivity index (χ3n) is 2.68. The maximum Gasteiger partial charge on any atom is 0.263 e. The van der Waals surface area contributed by atoms with Gasteiger partial charge in [-0.3, -0.25) is 4.72 Å². The first-order valence-corrected chi connectivity index (χ1v) is 8.70. The molecule has 2 aromatic carbocycles. The first kappa shape index (κ1) is 15.3. The molecule has 0 radical (unpaired) electrons. The average Bonchev–Trinajstić information content (AvgIpc) is 2.36. The van der Waals surface area contributed by atoms with Crippen molar-refractivity contribution in [3.05, 3.63) is 50.9 Å². The molecular formula is C13H12Br2N2O2S. The van der Waals surface area contributed by atoms with E-state index < -0.39 is 10.0 Å². The van der Waals surface area contributed by atoms with Crippen molar-refractivity contribution in [1.82, 2.24) is 0 Å². The minimum Gasteiger partial charge on any atom is -0.398 e. The second-order valence-corrected chi connectivity index (χ2v) is 7.67. The molecule has 20 heavy (non-hydrogen) atoms. The average molecular weight is 420 g/mol. The Morgan fingerprint density at radius 1 is 1.10 bits per heavy atom. The van der Waals surface area contributed by atoms with Crippen molar-refractivity contribution >= 4 is 53.3 Å². The van der Waals surface area contributed by atoms with Crippen molar-refractivity contribution in [3.63, 3.8) is 0 Å². The number of hydrogen-bond acceptors (Lipinski definition) is 3. The number of halogens is 2. The number of aryl methyl sites for hydroxylation is 1. The van der Waals surface area contributed by atoms with Crippen LogP contribution in [-0.4, -0.2) is 8.42 Å². The van der Waals surface area contributed by atoms with Crippen LogP contribution in [0.2, 0.25) is 0 Å². The molecule has 0 atom stereocenters.